The Balaban J connectivity index is 2.33. The molecule has 4 heteroatoms. The molecule has 2 nitrogen and oxygen atoms in total. The molecule has 0 aliphatic rings. The maximum atomic E-state index is 13.3. The Labute approximate surface area is 110 Å². The van der Waals surface area contributed by atoms with Gasteiger partial charge in [0.05, 0.1) is 6.61 Å². The zero-order chi connectivity index (χ0) is 13.1. The molecular formula is C14H12ClFO2. The molecule has 0 aliphatic heterocycles. The Morgan fingerprint density at radius 3 is 2.72 bits per heavy atom. The van der Waals surface area contributed by atoms with Crippen LogP contribution < -0.4 is 4.74 Å². The van der Waals surface area contributed by atoms with Crippen LogP contribution in [0.15, 0.2) is 36.4 Å². The Bertz CT molecular complexity index is 570. The highest BCUT2D eigenvalue weighted by Gasteiger charge is 2.05. The summed E-state index contributed by atoms with van der Waals surface area (Å²) in [7, 11) is 0. The molecule has 2 aromatic carbocycles. The first kappa shape index (κ1) is 12.9. The minimum Gasteiger partial charge on any atom is -0.457 e. The van der Waals surface area contributed by atoms with Crippen LogP contribution in [0, 0.1) is 12.7 Å². The molecule has 0 spiro atoms. The number of ether oxygens (including phenoxy) is 1. The number of rotatable bonds is 3. The second kappa shape index (κ2) is 5.38. The highest BCUT2D eigenvalue weighted by atomic mass is 35.5. The SMILES string of the molecule is Cc1ccc(Cl)cc1Oc1cc(F)cc(CO)c1. The van der Waals surface area contributed by atoms with Gasteiger partial charge in [-0.05, 0) is 42.3 Å². The zero-order valence-corrected chi connectivity index (χ0v) is 10.5. The van der Waals surface area contributed by atoms with Crippen molar-refractivity contribution in [1.82, 2.24) is 0 Å². The van der Waals surface area contributed by atoms with Crippen LogP contribution >= 0.6 is 11.6 Å². The summed E-state index contributed by atoms with van der Waals surface area (Å²) < 4.78 is 18.9. The molecule has 0 radical (unpaired) electrons. The van der Waals surface area contributed by atoms with Gasteiger partial charge in [-0.3, -0.25) is 0 Å². The average Bonchev–Trinajstić information content (AvgIpc) is 2.33. The van der Waals surface area contributed by atoms with Crippen LogP contribution in [0.2, 0.25) is 5.02 Å². The van der Waals surface area contributed by atoms with Gasteiger partial charge in [0.25, 0.3) is 0 Å². The molecule has 0 heterocycles. The third-order valence-corrected chi connectivity index (χ3v) is 2.73. The number of benzene rings is 2. The van der Waals surface area contributed by atoms with E-state index in [1.54, 1.807) is 18.2 Å². The topological polar surface area (TPSA) is 29.5 Å². The number of aliphatic hydroxyl groups is 1. The van der Waals surface area contributed by atoms with Crippen molar-refractivity contribution in [1.29, 1.82) is 0 Å². The molecule has 18 heavy (non-hydrogen) atoms. The minimum absolute atomic E-state index is 0.233. The summed E-state index contributed by atoms with van der Waals surface area (Å²) in [4.78, 5) is 0. The van der Waals surface area contributed by atoms with E-state index in [2.05, 4.69) is 0 Å². The van der Waals surface area contributed by atoms with Gasteiger partial charge in [-0.1, -0.05) is 17.7 Å². The summed E-state index contributed by atoms with van der Waals surface area (Å²) >= 11 is 5.88. The normalized spacial score (nSPS) is 10.4. The van der Waals surface area contributed by atoms with Crippen molar-refractivity contribution in [3.8, 4) is 11.5 Å². The van der Waals surface area contributed by atoms with Gasteiger partial charge in [0.2, 0.25) is 0 Å². The lowest BCUT2D eigenvalue weighted by molar-refractivity contribution is 0.280. The van der Waals surface area contributed by atoms with Gasteiger partial charge in [0.1, 0.15) is 17.3 Å². The first-order valence-electron chi connectivity index (χ1n) is 5.43. The molecule has 2 aromatic rings. The van der Waals surface area contributed by atoms with Crippen LogP contribution in [-0.2, 0) is 6.61 Å². The lowest BCUT2D eigenvalue weighted by Crippen LogP contribution is -1.91. The fourth-order valence-corrected chi connectivity index (χ4v) is 1.74. The molecule has 2 rings (SSSR count). The van der Waals surface area contributed by atoms with Crippen molar-refractivity contribution in [2.24, 2.45) is 0 Å². The van der Waals surface area contributed by atoms with Crippen LogP contribution in [0.4, 0.5) is 4.39 Å². The van der Waals surface area contributed by atoms with Gasteiger partial charge in [-0.25, -0.2) is 4.39 Å². The molecule has 0 fully saturated rings. The highest BCUT2D eigenvalue weighted by Crippen LogP contribution is 2.29. The molecule has 0 bridgehead atoms. The van der Waals surface area contributed by atoms with Gasteiger partial charge in [0.15, 0.2) is 0 Å². The maximum absolute atomic E-state index is 13.3. The Morgan fingerprint density at radius 2 is 2.00 bits per heavy atom. The van der Waals surface area contributed by atoms with Gasteiger partial charge >= 0.3 is 0 Å². The van der Waals surface area contributed by atoms with E-state index in [9.17, 15) is 4.39 Å². The number of hydrogen-bond acceptors (Lipinski definition) is 2. The van der Waals surface area contributed by atoms with Crippen LogP contribution in [0.25, 0.3) is 0 Å². The van der Waals surface area contributed by atoms with Gasteiger partial charge in [-0.2, -0.15) is 0 Å². The molecule has 0 amide bonds. The Hall–Kier alpha value is -1.58. The van der Waals surface area contributed by atoms with Crippen LogP contribution in [-0.4, -0.2) is 5.11 Å². The van der Waals surface area contributed by atoms with Crippen LogP contribution in [0.3, 0.4) is 0 Å². The third-order valence-electron chi connectivity index (χ3n) is 2.49. The minimum atomic E-state index is -0.448. The Morgan fingerprint density at radius 1 is 1.22 bits per heavy atom. The standard InChI is InChI=1S/C14H12ClFO2/c1-9-2-3-11(15)6-14(9)18-13-5-10(8-17)4-12(16)7-13/h2-7,17H,8H2,1H3. The fraction of sp³-hybridized carbons (Fsp3) is 0.143. The van der Waals surface area contributed by atoms with Crippen LogP contribution in [0.1, 0.15) is 11.1 Å². The number of hydrogen-bond donors (Lipinski definition) is 1. The van der Waals surface area contributed by atoms with Gasteiger partial charge < -0.3 is 9.84 Å². The van der Waals surface area contributed by atoms with E-state index in [0.717, 1.165) is 5.56 Å². The van der Waals surface area contributed by atoms with E-state index < -0.39 is 5.82 Å². The van der Waals surface area contributed by atoms with Crippen molar-refractivity contribution in [2.75, 3.05) is 0 Å². The lowest BCUT2D eigenvalue weighted by Gasteiger charge is -2.10. The van der Waals surface area contributed by atoms with Crippen molar-refractivity contribution >= 4 is 11.6 Å². The average molecular weight is 267 g/mol. The summed E-state index contributed by atoms with van der Waals surface area (Å²) in [6.45, 7) is 1.64. The summed E-state index contributed by atoms with van der Waals surface area (Å²) in [5.41, 5.74) is 1.36. The molecule has 0 aliphatic carbocycles. The second-order valence-electron chi connectivity index (χ2n) is 3.97. The smallest absolute Gasteiger partial charge is 0.131 e. The maximum Gasteiger partial charge on any atom is 0.131 e. The molecule has 0 aromatic heterocycles. The zero-order valence-electron chi connectivity index (χ0n) is 9.78. The molecule has 0 saturated carbocycles. The molecule has 1 N–H and O–H groups in total. The van der Waals surface area contributed by atoms with Crippen molar-refractivity contribution in [3.05, 3.63) is 58.4 Å². The van der Waals surface area contributed by atoms with E-state index in [0.29, 0.717) is 22.1 Å². The molecule has 94 valence electrons. The monoisotopic (exact) mass is 266 g/mol. The second-order valence-corrected chi connectivity index (χ2v) is 4.40. The van der Waals surface area contributed by atoms with Gasteiger partial charge in [-0.15, -0.1) is 0 Å². The molecule has 0 atom stereocenters. The Kier molecular flexibility index (Phi) is 3.84. The third kappa shape index (κ3) is 3.00. The van der Waals surface area contributed by atoms with E-state index in [-0.39, 0.29) is 6.61 Å². The first-order valence-corrected chi connectivity index (χ1v) is 5.80. The highest BCUT2D eigenvalue weighted by molar-refractivity contribution is 6.30. The number of halogens is 2. The fourth-order valence-electron chi connectivity index (χ4n) is 1.58. The first-order chi connectivity index (χ1) is 8.58. The van der Waals surface area contributed by atoms with E-state index in [1.165, 1.54) is 12.1 Å². The van der Waals surface area contributed by atoms with E-state index in [1.807, 2.05) is 13.0 Å². The van der Waals surface area contributed by atoms with Crippen LogP contribution in [0.5, 0.6) is 11.5 Å². The van der Waals surface area contributed by atoms with E-state index in [4.69, 9.17) is 21.4 Å². The quantitative estimate of drug-likeness (QED) is 0.907. The largest absolute Gasteiger partial charge is 0.457 e. The predicted molar refractivity (Wildman–Crippen MR) is 68.6 cm³/mol. The van der Waals surface area contributed by atoms with Crippen molar-refractivity contribution < 1.29 is 14.2 Å². The molecule has 0 saturated heterocycles. The number of aliphatic hydroxyl groups excluding tert-OH is 1. The van der Waals surface area contributed by atoms with Crippen molar-refractivity contribution in [2.45, 2.75) is 13.5 Å². The predicted octanol–water partition coefficient (Wildman–Crippen LogP) is 4.07. The summed E-state index contributed by atoms with van der Waals surface area (Å²) in [5.74, 6) is 0.456. The van der Waals surface area contributed by atoms with Gasteiger partial charge in [0, 0.05) is 11.1 Å². The summed E-state index contributed by atoms with van der Waals surface area (Å²) in [6, 6.07) is 9.36. The van der Waals surface area contributed by atoms with E-state index >= 15 is 0 Å². The summed E-state index contributed by atoms with van der Waals surface area (Å²) in [6.07, 6.45) is 0. The number of aryl methyl sites for hydroxylation is 1. The lowest BCUT2D eigenvalue weighted by atomic mass is 10.2. The molecule has 0 unspecified atom stereocenters. The summed E-state index contributed by atoms with van der Waals surface area (Å²) in [5, 5.41) is 9.56. The van der Waals surface area contributed by atoms with Crippen molar-refractivity contribution in [3.63, 3.8) is 0 Å². The molecular weight excluding hydrogens is 255 g/mol.